The number of anilines is 1. The fourth-order valence-electron chi connectivity index (χ4n) is 2.49. The highest BCUT2D eigenvalue weighted by molar-refractivity contribution is 6.32. The number of halogens is 3. The summed E-state index contributed by atoms with van der Waals surface area (Å²) in [5.74, 6) is -3.27. The molecular weight excluding hydrogens is 316 g/mol. The summed E-state index contributed by atoms with van der Waals surface area (Å²) in [4.78, 5) is 18.1. The zero-order chi connectivity index (χ0) is 15.7. The fraction of sp³-hybridized carbons (Fsp3) is 0.538. The van der Waals surface area contributed by atoms with Crippen LogP contribution in [0.3, 0.4) is 0 Å². The van der Waals surface area contributed by atoms with E-state index in [2.05, 4.69) is 20.6 Å². The van der Waals surface area contributed by atoms with Gasteiger partial charge >= 0.3 is 0 Å². The van der Waals surface area contributed by atoms with Crippen LogP contribution in [0.1, 0.15) is 10.5 Å². The summed E-state index contributed by atoms with van der Waals surface area (Å²) in [6, 6.07) is 3.29. The van der Waals surface area contributed by atoms with Gasteiger partial charge in [0.1, 0.15) is 5.69 Å². The number of hydrogen-bond acceptors (Lipinski definition) is 5. The monoisotopic (exact) mass is 331 g/mol. The lowest BCUT2D eigenvalue weighted by Gasteiger charge is -2.38. The molecule has 1 amide bonds. The van der Waals surface area contributed by atoms with Crippen LogP contribution in [0.15, 0.2) is 12.1 Å². The highest BCUT2D eigenvalue weighted by Gasteiger charge is 2.44. The molecule has 2 aliphatic rings. The minimum Gasteiger partial charge on any atom is -0.366 e. The van der Waals surface area contributed by atoms with E-state index in [1.54, 1.807) is 12.1 Å². The van der Waals surface area contributed by atoms with Gasteiger partial charge in [-0.25, -0.2) is 18.8 Å². The predicted molar refractivity (Wildman–Crippen MR) is 78.3 cm³/mol. The Balaban J connectivity index is 1.65. The summed E-state index contributed by atoms with van der Waals surface area (Å²) < 4.78 is 25.4. The van der Waals surface area contributed by atoms with E-state index in [9.17, 15) is 13.6 Å². The highest BCUT2D eigenvalue weighted by atomic mass is 35.5. The molecule has 3 rings (SSSR count). The van der Waals surface area contributed by atoms with Crippen LogP contribution in [0.25, 0.3) is 0 Å². The normalized spacial score (nSPS) is 21.3. The molecule has 0 atom stereocenters. The largest absolute Gasteiger partial charge is 0.366 e. The molecule has 0 saturated carbocycles. The standard InChI is InChI=1S/C13H16ClF2N5O/c14-11-10(20-5-3-17-4-6-20)2-1-9(18-11)12(22)19-21-7-13(15,16)8-21/h1-2,17H,3-8H2,(H,19,22). The lowest BCUT2D eigenvalue weighted by molar-refractivity contribution is -0.144. The first kappa shape index (κ1) is 15.4. The number of piperazine rings is 1. The maximum absolute atomic E-state index is 12.7. The van der Waals surface area contributed by atoms with Crippen molar-refractivity contribution >= 4 is 23.2 Å². The Hall–Kier alpha value is -1.51. The first-order valence-corrected chi connectivity index (χ1v) is 7.38. The van der Waals surface area contributed by atoms with Crippen LogP contribution in [0.5, 0.6) is 0 Å². The molecule has 3 heterocycles. The van der Waals surface area contributed by atoms with Crippen molar-refractivity contribution < 1.29 is 13.6 Å². The summed E-state index contributed by atoms with van der Waals surface area (Å²) in [5.41, 5.74) is 3.27. The summed E-state index contributed by atoms with van der Waals surface area (Å²) in [6.07, 6.45) is 0. The molecule has 2 fully saturated rings. The molecule has 22 heavy (non-hydrogen) atoms. The molecule has 2 N–H and O–H groups in total. The maximum atomic E-state index is 12.7. The van der Waals surface area contributed by atoms with Gasteiger partial charge in [-0.05, 0) is 12.1 Å². The number of nitrogens with zero attached hydrogens (tertiary/aromatic N) is 3. The zero-order valence-corrected chi connectivity index (χ0v) is 12.5. The van der Waals surface area contributed by atoms with Crippen LogP contribution in [0, 0.1) is 0 Å². The zero-order valence-electron chi connectivity index (χ0n) is 11.8. The van der Waals surface area contributed by atoms with Gasteiger partial charge in [-0.15, -0.1) is 0 Å². The maximum Gasteiger partial charge on any atom is 0.284 e. The fourth-order valence-corrected chi connectivity index (χ4v) is 2.76. The number of carbonyl (C=O) groups is 1. The van der Waals surface area contributed by atoms with E-state index in [-0.39, 0.29) is 10.8 Å². The van der Waals surface area contributed by atoms with E-state index >= 15 is 0 Å². The lowest BCUT2D eigenvalue weighted by Crippen LogP contribution is -2.62. The van der Waals surface area contributed by atoms with Gasteiger partial charge in [0.2, 0.25) is 0 Å². The van der Waals surface area contributed by atoms with Crippen molar-refractivity contribution in [1.29, 1.82) is 0 Å². The van der Waals surface area contributed by atoms with Crippen molar-refractivity contribution in [2.75, 3.05) is 44.2 Å². The van der Waals surface area contributed by atoms with Gasteiger partial charge in [0.15, 0.2) is 5.15 Å². The number of alkyl halides is 2. The van der Waals surface area contributed by atoms with Gasteiger partial charge < -0.3 is 10.2 Å². The molecule has 0 aromatic carbocycles. The molecule has 0 aliphatic carbocycles. The van der Waals surface area contributed by atoms with Crippen molar-refractivity contribution in [2.45, 2.75) is 5.92 Å². The molecule has 0 radical (unpaired) electrons. The van der Waals surface area contributed by atoms with Crippen LogP contribution in [-0.4, -0.2) is 61.1 Å². The molecule has 0 unspecified atom stereocenters. The molecule has 2 saturated heterocycles. The minimum absolute atomic E-state index is 0.110. The Morgan fingerprint density at radius 3 is 2.59 bits per heavy atom. The third-order valence-electron chi connectivity index (χ3n) is 3.62. The molecule has 2 aliphatic heterocycles. The highest BCUT2D eigenvalue weighted by Crippen LogP contribution is 2.26. The quantitative estimate of drug-likeness (QED) is 0.800. The number of carbonyl (C=O) groups excluding carboxylic acids is 1. The number of hydrogen-bond donors (Lipinski definition) is 2. The van der Waals surface area contributed by atoms with E-state index < -0.39 is 24.9 Å². The van der Waals surface area contributed by atoms with Gasteiger partial charge in [0, 0.05) is 26.2 Å². The second-order valence-electron chi connectivity index (χ2n) is 5.40. The molecule has 120 valence electrons. The lowest BCUT2D eigenvalue weighted by atomic mass is 10.2. The average Bonchev–Trinajstić information content (AvgIpc) is 2.46. The smallest absolute Gasteiger partial charge is 0.284 e. The van der Waals surface area contributed by atoms with E-state index in [1.807, 2.05) is 0 Å². The van der Waals surface area contributed by atoms with Crippen LogP contribution >= 0.6 is 11.6 Å². The third kappa shape index (κ3) is 3.29. The van der Waals surface area contributed by atoms with Crippen molar-refractivity contribution in [1.82, 2.24) is 20.7 Å². The van der Waals surface area contributed by atoms with Gasteiger partial charge in [-0.1, -0.05) is 11.6 Å². The van der Waals surface area contributed by atoms with E-state index in [4.69, 9.17) is 11.6 Å². The SMILES string of the molecule is O=C(NN1CC(F)(F)C1)c1ccc(N2CCNCC2)c(Cl)n1. The molecule has 1 aromatic rings. The Morgan fingerprint density at radius 1 is 1.32 bits per heavy atom. The Kier molecular flexibility index (Phi) is 4.16. The molecule has 9 heteroatoms. The van der Waals surface area contributed by atoms with Crippen LogP contribution < -0.4 is 15.6 Å². The van der Waals surface area contributed by atoms with Gasteiger partial charge in [-0.2, -0.15) is 0 Å². The minimum atomic E-state index is -2.73. The first-order chi connectivity index (χ1) is 10.4. The number of rotatable bonds is 3. The number of aromatic nitrogens is 1. The van der Waals surface area contributed by atoms with Crippen molar-refractivity contribution in [2.24, 2.45) is 0 Å². The predicted octanol–water partition coefficient (Wildman–Crippen LogP) is 0.740. The second kappa shape index (κ2) is 5.94. The molecule has 0 bridgehead atoms. The molecular formula is C13H16ClF2N5O. The Morgan fingerprint density at radius 2 is 2.00 bits per heavy atom. The van der Waals surface area contributed by atoms with Crippen LogP contribution in [0.4, 0.5) is 14.5 Å². The molecule has 1 aromatic heterocycles. The summed E-state index contributed by atoms with van der Waals surface area (Å²) in [5, 5.41) is 4.63. The van der Waals surface area contributed by atoms with Gasteiger partial charge in [0.25, 0.3) is 11.8 Å². The van der Waals surface area contributed by atoms with Gasteiger partial charge in [0.05, 0.1) is 18.8 Å². The second-order valence-corrected chi connectivity index (χ2v) is 5.75. The number of nitrogens with one attached hydrogen (secondary N) is 2. The van der Waals surface area contributed by atoms with Crippen molar-refractivity contribution in [3.05, 3.63) is 23.0 Å². The summed E-state index contributed by atoms with van der Waals surface area (Å²) >= 11 is 6.15. The number of pyridine rings is 1. The van der Waals surface area contributed by atoms with Gasteiger partial charge in [-0.3, -0.25) is 10.2 Å². The Labute approximate surface area is 131 Å². The molecule has 6 nitrogen and oxygen atoms in total. The average molecular weight is 332 g/mol. The van der Waals surface area contributed by atoms with Crippen molar-refractivity contribution in [3.8, 4) is 0 Å². The van der Waals surface area contributed by atoms with Crippen LogP contribution in [-0.2, 0) is 0 Å². The summed E-state index contributed by atoms with van der Waals surface area (Å²) in [6.45, 7) is 2.39. The third-order valence-corrected chi connectivity index (χ3v) is 3.90. The Bertz CT molecular complexity index is 572. The van der Waals surface area contributed by atoms with Crippen LogP contribution in [0.2, 0.25) is 5.15 Å². The first-order valence-electron chi connectivity index (χ1n) is 7.01. The topological polar surface area (TPSA) is 60.5 Å². The van der Waals surface area contributed by atoms with E-state index in [0.29, 0.717) is 0 Å². The van der Waals surface area contributed by atoms with E-state index in [0.717, 1.165) is 36.9 Å². The van der Waals surface area contributed by atoms with E-state index in [1.165, 1.54) is 0 Å². The number of amides is 1. The summed E-state index contributed by atoms with van der Waals surface area (Å²) in [7, 11) is 0. The van der Waals surface area contributed by atoms with Crippen molar-refractivity contribution in [3.63, 3.8) is 0 Å². The number of hydrazine groups is 1. The molecule has 0 spiro atoms.